The van der Waals surface area contributed by atoms with E-state index >= 15 is 0 Å². The first-order valence-corrected chi connectivity index (χ1v) is 7.09. The predicted octanol–water partition coefficient (Wildman–Crippen LogP) is 5.05. The number of halogens is 5. The Morgan fingerprint density at radius 2 is 1.65 bits per heavy atom. The normalized spacial score (nSPS) is 10.7. The van der Waals surface area contributed by atoms with Crippen LogP contribution in [0.2, 0.25) is 0 Å². The van der Waals surface area contributed by atoms with Gasteiger partial charge in [0.25, 0.3) is 0 Å². The van der Waals surface area contributed by atoms with Gasteiger partial charge in [-0.3, -0.25) is 4.79 Å². The molecule has 0 atom stereocenters. The van der Waals surface area contributed by atoms with Gasteiger partial charge in [-0.25, -0.2) is 13.2 Å². The van der Waals surface area contributed by atoms with E-state index in [1.54, 1.807) is 0 Å². The number of ketones is 1. The highest BCUT2D eigenvalue weighted by molar-refractivity contribution is 9.10. The average Bonchev–Trinajstić information content (AvgIpc) is 2.41. The maximum absolute atomic E-state index is 13.8. The molecule has 0 fully saturated rings. The van der Waals surface area contributed by atoms with Crippen LogP contribution in [0.3, 0.4) is 0 Å². The Kier molecular flexibility index (Phi) is 4.65. The van der Waals surface area contributed by atoms with Gasteiger partial charge in [0.05, 0.1) is 10.0 Å². The van der Waals surface area contributed by atoms with E-state index in [0.717, 1.165) is 12.1 Å². The van der Waals surface area contributed by atoms with Crippen molar-refractivity contribution in [2.75, 3.05) is 0 Å². The maximum atomic E-state index is 13.8. The van der Waals surface area contributed by atoms with Crippen molar-refractivity contribution in [2.24, 2.45) is 0 Å². The van der Waals surface area contributed by atoms with E-state index in [1.165, 1.54) is 18.2 Å². The lowest BCUT2D eigenvalue weighted by Crippen LogP contribution is -2.09. The van der Waals surface area contributed by atoms with Crippen LogP contribution in [0.25, 0.3) is 0 Å². The minimum atomic E-state index is -0.853. The summed E-state index contributed by atoms with van der Waals surface area (Å²) in [5.74, 6) is -3.11. The van der Waals surface area contributed by atoms with Gasteiger partial charge < -0.3 is 0 Å². The highest BCUT2D eigenvalue weighted by Gasteiger charge is 2.19. The zero-order valence-corrected chi connectivity index (χ0v) is 13.1. The number of carbonyl (C=O) groups is 1. The molecule has 2 rings (SSSR count). The molecule has 1 nitrogen and oxygen atoms in total. The van der Waals surface area contributed by atoms with Crippen molar-refractivity contribution in [2.45, 2.75) is 6.42 Å². The lowest BCUT2D eigenvalue weighted by Gasteiger charge is -2.07. The van der Waals surface area contributed by atoms with Crippen LogP contribution in [0.15, 0.2) is 39.3 Å². The van der Waals surface area contributed by atoms with Gasteiger partial charge in [-0.2, -0.15) is 0 Å². The summed E-state index contributed by atoms with van der Waals surface area (Å²) in [6.45, 7) is 0. The summed E-state index contributed by atoms with van der Waals surface area (Å²) in [5, 5.41) is 0. The number of hydrogen-bond acceptors (Lipinski definition) is 1. The van der Waals surface area contributed by atoms with Gasteiger partial charge in [0.15, 0.2) is 5.78 Å². The van der Waals surface area contributed by atoms with Crippen molar-refractivity contribution >= 4 is 37.6 Å². The molecule has 0 bridgehead atoms. The van der Waals surface area contributed by atoms with Crippen LogP contribution in [-0.4, -0.2) is 5.78 Å². The molecule has 104 valence electrons. The second-order valence-corrected chi connectivity index (χ2v) is 5.82. The molecule has 20 heavy (non-hydrogen) atoms. The fraction of sp³-hybridized carbons (Fsp3) is 0.0714. The standard InChI is InChI=1S/C14H7Br2F3O/c15-7-1-3-11(17)8(5-7)13(20)6-9-12(18)4-2-10(16)14(9)19/h1-5H,6H2. The molecule has 2 aromatic carbocycles. The molecule has 0 aliphatic heterocycles. The molecule has 0 N–H and O–H groups in total. The van der Waals surface area contributed by atoms with E-state index < -0.39 is 29.7 Å². The van der Waals surface area contributed by atoms with E-state index in [0.29, 0.717) is 4.47 Å². The molecular weight excluding hydrogens is 401 g/mol. The minimum absolute atomic E-state index is 0.0522. The van der Waals surface area contributed by atoms with Gasteiger partial charge in [-0.05, 0) is 46.3 Å². The van der Waals surface area contributed by atoms with Gasteiger partial charge in [-0.15, -0.1) is 0 Å². The van der Waals surface area contributed by atoms with Crippen LogP contribution in [0, 0.1) is 17.5 Å². The zero-order valence-electron chi connectivity index (χ0n) is 9.89. The van der Waals surface area contributed by atoms with E-state index in [2.05, 4.69) is 31.9 Å². The van der Waals surface area contributed by atoms with Gasteiger partial charge in [-0.1, -0.05) is 15.9 Å². The van der Waals surface area contributed by atoms with Crippen molar-refractivity contribution in [1.82, 2.24) is 0 Å². The molecule has 0 amide bonds. The molecule has 6 heteroatoms. The summed E-state index contributed by atoms with van der Waals surface area (Å²) in [6.07, 6.45) is -0.551. The van der Waals surface area contributed by atoms with E-state index in [9.17, 15) is 18.0 Å². The molecule has 0 aromatic heterocycles. The molecule has 0 spiro atoms. The number of Topliss-reactive ketones (excluding diaryl/α,β-unsaturated/α-hetero) is 1. The van der Waals surface area contributed by atoms with Crippen LogP contribution >= 0.6 is 31.9 Å². The highest BCUT2D eigenvalue weighted by Crippen LogP contribution is 2.24. The Bertz CT molecular complexity index is 686. The van der Waals surface area contributed by atoms with E-state index in [4.69, 9.17) is 0 Å². The van der Waals surface area contributed by atoms with Gasteiger partial charge >= 0.3 is 0 Å². The van der Waals surface area contributed by atoms with E-state index in [-0.39, 0.29) is 15.6 Å². The Balaban J connectivity index is 2.38. The van der Waals surface area contributed by atoms with Crippen molar-refractivity contribution in [3.8, 4) is 0 Å². The lowest BCUT2D eigenvalue weighted by atomic mass is 10.0. The Morgan fingerprint density at radius 3 is 2.35 bits per heavy atom. The van der Waals surface area contributed by atoms with Gasteiger partial charge in [0.1, 0.15) is 17.5 Å². The summed E-state index contributed by atoms with van der Waals surface area (Å²) in [7, 11) is 0. The molecule has 0 heterocycles. The predicted molar refractivity (Wildman–Crippen MR) is 76.2 cm³/mol. The topological polar surface area (TPSA) is 17.1 Å². The smallest absolute Gasteiger partial charge is 0.170 e. The number of benzene rings is 2. The third-order valence-corrected chi connectivity index (χ3v) is 3.81. The Labute approximate surface area is 130 Å². The quantitative estimate of drug-likeness (QED) is 0.513. The fourth-order valence-corrected chi connectivity index (χ4v) is 2.43. The van der Waals surface area contributed by atoms with Crippen LogP contribution in [0.4, 0.5) is 13.2 Å². The molecule has 2 aromatic rings. The number of rotatable bonds is 3. The number of carbonyl (C=O) groups excluding carboxylic acids is 1. The fourth-order valence-electron chi connectivity index (χ4n) is 1.70. The first-order chi connectivity index (χ1) is 9.40. The summed E-state index contributed by atoms with van der Waals surface area (Å²) in [5.41, 5.74) is -0.595. The monoisotopic (exact) mass is 406 g/mol. The van der Waals surface area contributed by atoms with Crippen LogP contribution in [0.1, 0.15) is 15.9 Å². The molecule has 0 aliphatic carbocycles. The maximum Gasteiger partial charge on any atom is 0.170 e. The Hall–Kier alpha value is -1.14. The van der Waals surface area contributed by atoms with Gasteiger partial charge in [0.2, 0.25) is 0 Å². The van der Waals surface area contributed by atoms with E-state index in [1.807, 2.05) is 0 Å². The third-order valence-electron chi connectivity index (χ3n) is 2.71. The molecule has 0 saturated heterocycles. The van der Waals surface area contributed by atoms with Crippen LogP contribution < -0.4 is 0 Å². The minimum Gasteiger partial charge on any atom is -0.294 e. The SMILES string of the molecule is O=C(Cc1c(F)ccc(Br)c1F)c1cc(Br)ccc1F. The second kappa shape index (κ2) is 6.10. The number of hydrogen-bond donors (Lipinski definition) is 0. The first-order valence-electron chi connectivity index (χ1n) is 5.50. The van der Waals surface area contributed by atoms with Crippen LogP contribution in [-0.2, 0) is 6.42 Å². The third kappa shape index (κ3) is 3.12. The summed E-state index contributed by atoms with van der Waals surface area (Å²) < 4.78 is 41.5. The zero-order chi connectivity index (χ0) is 14.9. The van der Waals surface area contributed by atoms with Crippen molar-refractivity contribution in [3.63, 3.8) is 0 Å². The second-order valence-electron chi connectivity index (χ2n) is 4.05. The highest BCUT2D eigenvalue weighted by atomic mass is 79.9. The summed E-state index contributed by atoms with van der Waals surface area (Å²) in [6, 6.07) is 6.09. The molecule has 0 aliphatic rings. The van der Waals surface area contributed by atoms with Crippen molar-refractivity contribution in [1.29, 1.82) is 0 Å². The molecule has 0 radical (unpaired) electrons. The molecular formula is C14H7Br2F3O. The Morgan fingerprint density at radius 1 is 1.00 bits per heavy atom. The average molecular weight is 408 g/mol. The summed E-state index contributed by atoms with van der Waals surface area (Å²) >= 11 is 6.03. The van der Waals surface area contributed by atoms with Crippen molar-refractivity contribution in [3.05, 3.63) is 67.9 Å². The molecule has 0 unspecified atom stereocenters. The van der Waals surface area contributed by atoms with Gasteiger partial charge in [0, 0.05) is 16.5 Å². The largest absolute Gasteiger partial charge is 0.294 e. The summed E-state index contributed by atoms with van der Waals surface area (Å²) in [4.78, 5) is 12.0. The lowest BCUT2D eigenvalue weighted by molar-refractivity contribution is 0.0986. The van der Waals surface area contributed by atoms with Crippen LogP contribution in [0.5, 0.6) is 0 Å². The van der Waals surface area contributed by atoms with Crippen molar-refractivity contribution < 1.29 is 18.0 Å². The first kappa shape index (κ1) is 15.3. The molecule has 0 saturated carbocycles.